The van der Waals surface area contributed by atoms with Gasteiger partial charge in [0.1, 0.15) is 22.3 Å². The number of nitrogens with one attached hydrogen (secondary N) is 1. The van der Waals surface area contributed by atoms with Crippen LogP contribution < -0.4 is 10.5 Å². The molecule has 0 unspecified atom stereocenters. The number of benzene rings is 2. The molecular weight excluding hydrogens is 293 g/mol. The lowest BCUT2D eigenvalue weighted by molar-refractivity contribution is 0.571. The zero-order valence-corrected chi connectivity index (χ0v) is 10.7. The molecule has 8 heteroatoms. The lowest BCUT2D eigenvalue weighted by atomic mass is 10.3. The van der Waals surface area contributed by atoms with Gasteiger partial charge in [0.2, 0.25) is 0 Å². The molecule has 0 aliphatic rings. The van der Waals surface area contributed by atoms with Crippen molar-refractivity contribution in [1.82, 2.24) is 0 Å². The van der Waals surface area contributed by atoms with Gasteiger partial charge < -0.3 is 5.73 Å². The number of hydrogen-bond acceptors (Lipinski definition) is 3. The minimum atomic E-state index is -4.39. The van der Waals surface area contributed by atoms with Crippen LogP contribution in [0.1, 0.15) is 0 Å². The Bertz CT molecular complexity index is 723. The Morgan fingerprint density at radius 1 is 1.00 bits per heavy atom. The van der Waals surface area contributed by atoms with E-state index < -0.39 is 32.4 Å². The quantitative estimate of drug-likeness (QED) is 0.856. The van der Waals surface area contributed by atoms with Gasteiger partial charge in [-0.15, -0.1) is 0 Å². The molecule has 0 aliphatic heterocycles. The van der Waals surface area contributed by atoms with Crippen molar-refractivity contribution in [2.24, 2.45) is 0 Å². The first-order chi connectivity index (χ1) is 9.29. The number of nitrogens with two attached hydrogens (primary N) is 1. The predicted molar refractivity (Wildman–Crippen MR) is 68.0 cm³/mol. The van der Waals surface area contributed by atoms with Crippen molar-refractivity contribution in [2.45, 2.75) is 4.90 Å². The zero-order chi connectivity index (χ0) is 14.9. The summed E-state index contributed by atoms with van der Waals surface area (Å²) in [4.78, 5) is -0.773. The Hall–Kier alpha value is -2.22. The van der Waals surface area contributed by atoms with Gasteiger partial charge in [-0.05, 0) is 24.3 Å². The molecule has 0 atom stereocenters. The fraction of sp³-hybridized carbons (Fsp3) is 0. The Morgan fingerprint density at radius 2 is 1.60 bits per heavy atom. The molecule has 0 saturated heterocycles. The van der Waals surface area contributed by atoms with Crippen molar-refractivity contribution in [1.29, 1.82) is 0 Å². The fourth-order valence-electron chi connectivity index (χ4n) is 1.63. The van der Waals surface area contributed by atoms with E-state index in [1.54, 1.807) is 0 Å². The van der Waals surface area contributed by atoms with E-state index in [4.69, 9.17) is 5.73 Å². The number of rotatable bonds is 3. The van der Waals surface area contributed by atoms with E-state index in [0.29, 0.717) is 6.07 Å². The van der Waals surface area contributed by atoms with Crippen molar-refractivity contribution in [3.05, 3.63) is 53.8 Å². The molecule has 2 aromatic rings. The summed E-state index contributed by atoms with van der Waals surface area (Å²) in [5.41, 5.74) is 4.73. The molecule has 0 amide bonds. The number of hydrogen-bond donors (Lipinski definition) is 2. The van der Waals surface area contributed by atoms with Crippen LogP contribution in [0.5, 0.6) is 0 Å². The monoisotopic (exact) mass is 302 g/mol. The third-order valence-corrected chi connectivity index (χ3v) is 3.85. The van der Waals surface area contributed by atoms with Gasteiger partial charge in [-0.2, -0.15) is 0 Å². The Kier molecular flexibility index (Phi) is 3.58. The molecule has 0 aromatic heterocycles. The highest BCUT2D eigenvalue weighted by Gasteiger charge is 2.22. The largest absolute Gasteiger partial charge is 0.398 e. The molecule has 20 heavy (non-hydrogen) atoms. The molecule has 4 nitrogen and oxygen atoms in total. The second kappa shape index (κ2) is 5.04. The molecular formula is C12H9F3N2O2S. The summed E-state index contributed by atoms with van der Waals surface area (Å²) in [6, 6.07) is 5.46. The molecule has 0 radical (unpaired) electrons. The van der Waals surface area contributed by atoms with Crippen LogP contribution in [0.15, 0.2) is 41.3 Å². The summed E-state index contributed by atoms with van der Waals surface area (Å²) >= 11 is 0. The number of halogens is 3. The van der Waals surface area contributed by atoms with Crippen molar-refractivity contribution in [3.63, 3.8) is 0 Å². The lowest BCUT2D eigenvalue weighted by Crippen LogP contribution is -2.16. The van der Waals surface area contributed by atoms with Gasteiger partial charge in [0, 0.05) is 6.07 Å². The number of anilines is 2. The summed E-state index contributed by atoms with van der Waals surface area (Å²) in [6.45, 7) is 0. The summed E-state index contributed by atoms with van der Waals surface area (Å²) in [5.74, 6) is -3.00. The molecule has 0 bridgehead atoms. The van der Waals surface area contributed by atoms with Gasteiger partial charge in [0.05, 0.1) is 11.4 Å². The first-order valence-electron chi connectivity index (χ1n) is 5.32. The Morgan fingerprint density at radius 3 is 2.15 bits per heavy atom. The minimum Gasteiger partial charge on any atom is -0.398 e. The van der Waals surface area contributed by atoms with E-state index in [-0.39, 0.29) is 11.4 Å². The SMILES string of the molecule is Nc1cccc(F)c1S(=O)(=O)Nc1cc(F)cc(F)c1. The highest BCUT2D eigenvalue weighted by atomic mass is 32.2. The summed E-state index contributed by atoms with van der Waals surface area (Å²) in [5, 5.41) is 0. The highest BCUT2D eigenvalue weighted by Crippen LogP contribution is 2.25. The van der Waals surface area contributed by atoms with E-state index in [9.17, 15) is 21.6 Å². The molecule has 0 heterocycles. The summed E-state index contributed by atoms with van der Waals surface area (Å²) < 4.78 is 65.4. The van der Waals surface area contributed by atoms with Gasteiger partial charge in [-0.3, -0.25) is 4.72 Å². The topological polar surface area (TPSA) is 72.2 Å². The van der Waals surface area contributed by atoms with E-state index in [1.165, 1.54) is 12.1 Å². The van der Waals surface area contributed by atoms with Crippen molar-refractivity contribution < 1.29 is 21.6 Å². The van der Waals surface area contributed by atoms with Gasteiger partial charge in [0.15, 0.2) is 0 Å². The first kappa shape index (κ1) is 14.2. The van der Waals surface area contributed by atoms with Gasteiger partial charge in [-0.25, -0.2) is 21.6 Å². The van der Waals surface area contributed by atoms with Crippen LogP contribution in [-0.4, -0.2) is 8.42 Å². The number of sulfonamides is 1. The third-order valence-electron chi connectivity index (χ3n) is 2.38. The maximum atomic E-state index is 13.6. The molecule has 0 aliphatic carbocycles. The highest BCUT2D eigenvalue weighted by molar-refractivity contribution is 7.92. The van der Waals surface area contributed by atoms with Crippen molar-refractivity contribution in [2.75, 3.05) is 10.5 Å². The standard InChI is InChI=1S/C12H9F3N2O2S/c13-7-4-8(14)6-9(5-7)17-20(18,19)12-10(15)2-1-3-11(12)16/h1-6,17H,16H2. The van der Waals surface area contributed by atoms with E-state index in [2.05, 4.69) is 0 Å². The maximum absolute atomic E-state index is 13.6. The maximum Gasteiger partial charge on any atom is 0.266 e. The lowest BCUT2D eigenvalue weighted by Gasteiger charge is -2.11. The Labute approximate surface area is 113 Å². The van der Waals surface area contributed by atoms with Gasteiger partial charge >= 0.3 is 0 Å². The molecule has 3 N–H and O–H groups in total. The molecule has 0 fully saturated rings. The van der Waals surface area contributed by atoms with Crippen LogP contribution in [0.25, 0.3) is 0 Å². The fourth-order valence-corrected chi connectivity index (χ4v) is 2.86. The first-order valence-corrected chi connectivity index (χ1v) is 6.81. The van der Waals surface area contributed by atoms with E-state index >= 15 is 0 Å². The molecule has 2 aromatic carbocycles. The smallest absolute Gasteiger partial charge is 0.266 e. The molecule has 0 saturated carbocycles. The Balaban J connectivity index is 2.46. The van der Waals surface area contributed by atoms with Crippen LogP contribution in [0.3, 0.4) is 0 Å². The second-order valence-electron chi connectivity index (χ2n) is 3.92. The van der Waals surface area contributed by atoms with Crippen LogP contribution in [0.2, 0.25) is 0 Å². The molecule has 106 valence electrons. The van der Waals surface area contributed by atoms with E-state index in [0.717, 1.165) is 18.2 Å². The third kappa shape index (κ3) is 2.85. The van der Waals surface area contributed by atoms with Crippen molar-refractivity contribution in [3.8, 4) is 0 Å². The van der Waals surface area contributed by atoms with E-state index in [1.807, 2.05) is 4.72 Å². The van der Waals surface area contributed by atoms with Gasteiger partial charge in [-0.1, -0.05) is 6.07 Å². The average Bonchev–Trinajstić information content (AvgIpc) is 2.25. The molecule has 0 spiro atoms. The van der Waals surface area contributed by atoms with Gasteiger partial charge in [0.25, 0.3) is 10.0 Å². The van der Waals surface area contributed by atoms with Crippen LogP contribution in [0, 0.1) is 17.5 Å². The summed E-state index contributed by atoms with van der Waals surface area (Å²) in [7, 11) is -4.39. The minimum absolute atomic E-state index is 0.311. The van der Waals surface area contributed by atoms with Crippen LogP contribution in [0.4, 0.5) is 24.5 Å². The van der Waals surface area contributed by atoms with Crippen LogP contribution >= 0.6 is 0 Å². The van der Waals surface area contributed by atoms with Crippen LogP contribution in [-0.2, 0) is 10.0 Å². The summed E-state index contributed by atoms with van der Waals surface area (Å²) in [6.07, 6.45) is 0. The second-order valence-corrected chi connectivity index (χ2v) is 5.54. The normalized spacial score (nSPS) is 11.3. The zero-order valence-electron chi connectivity index (χ0n) is 9.90. The molecule has 2 rings (SSSR count). The number of nitrogen functional groups attached to an aromatic ring is 1. The predicted octanol–water partition coefficient (Wildman–Crippen LogP) is 2.49. The van der Waals surface area contributed by atoms with Crippen molar-refractivity contribution >= 4 is 21.4 Å². The average molecular weight is 302 g/mol.